The van der Waals surface area contributed by atoms with Gasteiger partial charge < -0.3 is 16.0 Å². The molecule has 0 spiro atoms. The van der Waals surface area contributed by atoms with Gasteiger partial charge in [0.25, 0.3) is 0 Å². The van der Waals surface area contributed by atoms with Crippen molar-refractivity contribution in [1.82, 2.24) is 4.98 Å². The Morgan fingerprint density at radius 1 is 1.56 bits per heavy atom. The Balaban J connectivity index is 2.16. The minimum Gasteiger partial charge on any atom is -0.361 e. The van der Waals surface area contributed by atoms with E-state index in [1.807, 2.05) is 25.1 Å². The summed E-state index contributed by atoms with van der Waals surface area (Å²) in [6.45, 7) is 1.80. The molecule has 1 aromatic rings. The Hall–Kier alpha value is -1.62. The van der Waals surface area contributed by atoms with Crippen LogP contribution in [0.4, 0.5) is 11.5 Å². The van der Waals surface area contributed by atoms with Gasteiger partial charge in [0.05, 0.1) is 11.2 Å². The number of amides is 1. The molecule has 0 aliphatic heterocycles. The molecule has 1 saturated carbocycles. The molecule has 0 bridgehead atoms. The molecule has 0 radical (unpaired) electrons. The molecule has 1 fully saturated rings. The predicted molar refractivity (Wildman–Crippen MR) is 72.5 cm³/mol. The molecule has 0 saturated heterocycles. The number of hydrogen-bond donors (Lipinski definition) is 2. The zero-order chi connectivity index (χ0) is 13.3. The van der Waals surface area contributed by atoms with Crippen LogP contribution in [0.2, 0.25) is 0 Å². The first-order chi connectivity index (χ1) is 8.43. The molecule has 1 heterocycles. The van der Waals surface area contributed by atoms with Crippen LogP contribution in [0.5, 0.6) is 0 Å². The SMILES string of the molecule is CN(C)c1ncccc1NC(=O)C(C)(N)C1CC1. The van der Waals surface area contributed by atoms with E-state index in [9.17, 15) is 4.79 Å². The van der Waals surface area contributed by atoms with E-state index in [2.05, 4.69) is 10.3 Å². The summed E-state index contributed by atoms with van der Waals surface area (Å²) >= 11 is 0. The fourth-order valence-corrected chi connectivity index (χ4v) is 1.98. The average Bonchev–Trinajstić information content (AvgIpc) is 3.13. The van der Waals surface area contributed by atoms with Crippen LogP contribution in [0.15, 0.2) is 18.3 Å². The number of carbonyl (C=O) groups is 1. The molecule has 5 heteroatoms. The first-order valence-corrected chi connectivity index (χ1v) is 6.15. The van der Waals surface area contributed by atoms with Gasteiger partial charge in [-0.3, -0.25) is 4.79 Å². The summed E-state index contributed by atoms with van der Waals surface area (Å²) in [6, 6.07) is 3.64. The molecule has 18 heavy (non-hydrogen) atoms. The van der Waals surface area contributed by atoms with Crippen molar-refractivity contribution in [2.45, 2.75) is 25.3 Å². The number of rotatable bonds is 4. The van der Waals surface area contributed by atoms with Gasteiger partial charge in [-0.05, 0) is 37.8 Å². The number of aromatic nitrogens is 1. The van der Waals surface area contributed by atoms with Gasteiger partial charge in [0.1, 0.15) is 0 Å². The lowest BCUT2D eigenvalue weighted by molar-refractivity contribution is -0.121. The molecule has 98 valence electrons. The number of carbonyl (C=O) groups excluding carboxylic acids is 1. The predicted octanol–water partition coefficient (Wildman–Crippen LogP) is 1.21. The Bertz CT molecular complexity index is 452. The van der Waals surface area contributed by atoms with Crippen LogP contribution in [-0.4, -0.2) is 30.5 Å². The molecule has 1 aliphatic rings. The lowest BCUT2D eigenvalue weighted by Crippen LogP contribution is -2.50. The van der Waals surface area contributed by atoms with E-state index in [1.165, 1.54) is 0 Å². The van der Waals surface area contributed by atoms with E-state index in [0.717, 1.165) is 18.7 Å². The van der Waals surface area contributed by atoms with E-state index < -0.39 is 5.54 Å². The lowest BCUT2D eigenvalue weighted by atomic mass is 9.96. The van der Waals surface area contributed by atoms with Crippen LogP contribution in [0.3, 0.4) is 0 Å². The highest BCUT2D eigenvalue weighted by atomic mass is 16.2. The van der Waals surface area contributed by atoms with Crippen LogP contribution < -0.4 is 16.0 Å². The number of anilines is 2. The highest BCUT2D eigenvalue weighted by Gasteiger charge is 2.44. The molecule has 1 atom stereocenters. The smallest absolute Gasteiger partial charge is 0.244 e. The van der Waals surface area contributed by atoms with Gasteiger partial charge in [0, 0.05) is 20.3 Å². The number of nitrogens with two attached hydrogens (primary N) is 1. The number of nitrogens with zero attached hydrogens (tertiary/aromatic N) is 2. The largest absolute Gasteiger partial charge is 0.361 e. The molecule has 1 amide bonds. The van der Waals surface area contributed by atoms with Gasteiger partial charge in [0.15, 0.2) is 5.82 Å². The van der Waals surface area contributed by atoms with Gasteiger partial charge in [-0.2, -0.15) is 0 Å². The Morgan fingerprint density at radius 2 is 2.22 bits per heavy atom. The standard InChI is InChI=1S/C13H20N4O/c1-13(14,9-6-7-9)12(18)16-10-5-4-8-15-11(10)17(2)3/h4-5,8-9H,6-7,14H2,1-3H3,(H,16,18). The average molecular weight is 248 g/mol. The second-order valence-electron chi connectivity index (χ2n) is 5.28. The van der Waals surface area contributed by atoms with Crippen molar-refractivity contribution >= 4 is 17.4 Å². The minimum atomic E-state index is -0.792. The third kappa shape index (κ3) is 2.46. The molecule has 5 nitrogen and oxygen atoms in total. The minimum absolute atomic E-state index is 0.138. The zero-order valence-electron chi connectivity index (χ0n) is 11.1. The van der Waals surface area contributed by atoms with Crippen LogP contribution in [-0.2, 0) is 4.79 Å². The first-order valence-electron chi connectivity index (χ1n) is 6.15. The van der Waals surface area contributed by atoms with Crippen LogP contribution in [0.1, 0.15) is 19.8 Å². The van der Waals surface area contributed by atoms with Crippen molar-refractivity contribution in [2.24, 2.45) is 11.7 Å². The normalized spacial score (nSPS) is 18.0. The summed E-state index contributed by atoms with van der Waals surface area (Å²) in [5.74, 6) is 0.899. The lowest BCUT2D eigenvalue weighted by Gasteiger charge is -2.24. The topological polar surface area (TPSA) is 71.2 Å². The molecule has 0 aromatic carbocycles. The molecule has 1 aliphatic carbocycles. The van der Waals surface area contributed by atoms with E-state index in [1.54, 1.807) is 19.2 Å². The van der Waals surface area contributed by atoms with Crippen molar-refractivity contribution in [3.05, 3.63) is 18.3 Å². The van der Waals surface area contributed by atoms with Crippen molar-refractivity contribution in [3.8, 4) is 0 Å². The van der Waals surface area contributed by atoms with Crippen LogP contribution in [0, 0.1) is 5.92 Å². The van der Waals surface area contributed by atoms with Crippen LogP contribution in [0.25, 0.3) is 0 Å². The van der Waals surface area contributed by atoms with E-state index >= 15 is 0 Å². The second-order valence-corrected chi connectivity index (χ2v) is 5.28. The summed E-state index contributed by atoms with van der Waals surface area (Å²) < 4.78 is 0. The Labute approximate surface area is 107 Å². The van der Waals surface area contributed by atoms with Crippen molar-refractivity contribution in [3.63, 3.8) is 0 Å². The van der Waals surface area contributed by atoms with E-state index in [-0.39, 0.29) is 5.91 Å². The van der Waals surface area contributed by atoms with E-state index in [0.29, 0.717) is 11.6 Å². The molecular weight excluding hydrogens is 228 g/mol. The second kappa shape index (κ2) is 4.57. The van der Waals surface area contributed by atoms with Gasteiger partial charge in [0.2, 0.25) is 5.91 Å². The monoisotopic (exact) mass is 248 g/mol. The summed E-state index contributed by atoms with van der Waals surface area (Å²) in [5.41, 5.74) is 6.00. The maximum atomic E-state index is 12.2. The highest BCUT2D eigenvalue weighted by molar-refractivity contribution is 6.00. The highest BCUT2D eigenvalue weighted by Crippen LogP contribution is 2.38. The fourth-order valence-electron chi connectivity index (χ4n) is 1.98. The number of nitrogens with one attached hydrogen (secondary N) is 1. The van der Waals surface area contributed by atoms with Crippen LogP contribution >= 0.6 is 0 Å². The molecular formula is C13H20N4O. The molecule has 3 N–H and O–H groups in total. The Morgan fingerprint density at radius 3 is 2.78 bits per heavy atom. The quantitative estimate of drug-likeness (QED) is 0.840. The summed E-state index contributed by atoms with van der Waals surface area (Å²) in [7, 11) is 3.78. The maximum Gasteiger partial charge on any atom is 0.244 e. The van der Waals surface area contributed by atoms with Crippen molar-refractivity contribution in [2.75, 3.05) is 24.3 Å². The Kier molecular flexibility index (Phi) is 3.26. The zero-order valence-corrected chi connectivity index (χ0v) is 11.1. The summed E-state index contributed by atoms with van der Waals surface area (Å²) in [4.78, 5) is 18.3. The number of hydrogen-bond acceptors (Lipinski definition) is 4. The van der Waals surface area contributed by atoms with E-state index in [4.69, 9.17) is 5.73 Å². The van der Waals surface area contributed by atoms with Crippen molar-refractivity contribution in [1.29, 1.82) is 0 Å². The maximum absolute atomic E-state index is 12.2. The van der Waals surface area contributed by atoms with Gasteiger partial charge in [-0.15, -0.1) is 0 Å². The van der Waals surface area contributed by atoms with Gasteiger partial charge in [-0.1, -0.05) is 0 Å². The summed E-state index contributed by atoms with van der Waals surface area (Å²) in [5, 5.41) is 2.89. The fraction of sp³-hybridized carbons (Fsp3) is 0.538. The molecule has 1 aromatic heterocycles. The molecule has 2 rings (SSSR count). The van der Waals surface area contributed by atoms with Gasteiger partial charge >= 0.3 is 0 Å². The van der Waals surface area contributed by atoms with Gasteiger partial charge in [-0.25, -0.2) is 4.98 Å². The first kappa shape index (κ1) is 12.8. The summed E-state index contributed by atoms with van der Waals surface area (Å²) in [6.07, 6.45) is 3.77. The third-order valence-electron chi connectivity index (χ3n) is 3.37. The third-order valence-corrected chi connectivity index (χ3v) is 3.37. The number of pyridine rings is 1. The van der Waals surface area contributed by atoms with Crippen molar-refractivity contribution < 1.29 is 4.79 Å². The molecule has 1 unspecified atom stereocenters.